The first-order valence-electron chi connectivity index (χ1n) is 6.83. The molecule has 2 heterocycles. The number of piperidine rings is 1. The summed E-state index contributed by atoms with van der Waals surface area (Å²) in [6, 6.07) is 0.710. The molecule has 0 bridgehead atoms. The summed E-state index contributed by atoms with van der Waals surface area (Å²) in [5, 5.41) is 6.85. The van der Waals surface area contributed by atoms with Gasteiger partial charge in [0.2, 0.25) is 0 Å². The van der Waals surface area contributed by atoms with Crippen LogP contribution in [0.1, 0.15) is 44.3 Å². The maximum Gasteiger partial charge on any atom is 0.0982 e. The van der Waals surface area contributed by atoms with Gasteiger partial charge in [-0.3, -0.25) is 4.90 Å². The maximum atomic E-state index is 4.78. The Morgan fingerprint density at radius 1 is 1.37 bits per heavy atom. The van der Waals surface area contributed by atoms with Gasteiger partial charge < -0.3 is 5.32 Å². The van der Waals surface area contributed by atoms with E-state index in [1.165, 1.54) is 36.6 Å². The molecular weight excluding hydrogens is 278 g/mol. The number of hydrogen-bond acceptors (Lipinski definition) is 4. The molecule has 1 N–H and O–H groups in total. The number of rotatable bonds is 3. The highest BCUT2D eigenvalue weighted by molar-refractivity contribution is 7.09. The lowest BCUT2D eigenvalue weighted by Gasteiger charge is -2.31. The SMILES string of the molecule is CNC1CCN(Cc2csc(C(C)(C)C)n2)CC1.Cl. The molecule has 1 aliphatic rings. The molecule has 110 valence electrons. The summed E-state index contributed by atoms with van der Waals surface area (Å²) in [7, 11) is 2.07. The second-order valence-electron chi connectivity index (χ2n) is 6.23. The molecular formula is C14H26ClN3S. The molecule has 5 heteroatoms. The molecule has 19 heavy (non-hydrogen) atoms. The highest BCUT2D eigenvalue weighted by Crippen LogP contribution is 2.26. The van der Waals surface area contributed by atoms with Gasteiger partial charge in [-0.25, -0.2) is 4.98 Å². The molecule has 0 amide bonds. The highest BCUT2D eigenvalue weighted by Gasteiger charge is 2.21. The molecule has 0 saturated carbocycles. The van der Waals surface area contributed by atoms with Gasteiger partial charge in [0.25, 0.3) is 0 Å². The van der Waals surface area contributed by atoms with Gasteiger partial charge in [-0.15, -0.1) is 23.7 Å². The van der Waals surface area contributed by atoms with Crippen molar-refractivity contribution in [2.45, 2.75) is 51.6 Å². The molecule has 0 spiro atoms. The van der Waals surface area contributed by atoms with Gasteiger partial charge in [-0.2, -0.15) is 0 Å². The van der Waals surface area contributed by atoms with Crippen LogP contribution in [0.15, 0.2) is 5.38 Å². The van der Waals surface area contributed by atoms with Crippen molar-refractivity contribution in [1.82, 2.24) is 15.2 Å². The van der Waals surface area contributed by atoms with E-state index >= 15 is 0 Å². The zero-order chi connectivity index (χ0) is 13.2. The Labute approximate surface area is 127 Å². The normalized spacial score (nSPS) is 18.3. The van der Waals surface area contributed by atoms with Crippen LogP contribution in [-0.2, 0) is 12.0 Å². The third kappa shape index (κ3) is 4.71. The first-order valence-corrected chi connectivity index (χ1v) is 7.71. The maximum absolute atomic E-state index is 4.78. The van der Waals surface area contributed by atoms with Crippen LogP contribution < -0.4 is 5.32 Å². The van der Waals surface area contributed by atoms with Crippen molar-refractivity contribution in [2.24, 2.45) is 0 Å². The summed E-state index contributed by atoms with van der Waals surface area (Å²) < 4.78 is 0. The Kier molecular flexibility index (Phi) is 6.24. The van der Waals surface area contributed by atoms with Crippen molar-refractivity contribution in [3.8, 4) is 0 Å². The van der Waals surface area contributed by atoms with E-state index < -0.39 is 0 Å². The van der Waals surface area contributed by atoms with Crippen LogP contribution in [0.5, 0.6) is 0 Å². The highest BCUT2D eigenvalue weighted by atomic mass is 35.5. The van der Waals surface area contributed by atoms with Crippen molar-refractivity contribution in [1.29, 1.82) is 0 Å². The largest absolute Gasteiger partial charge is 0.317 e. The summed E-state index contributed by atoms with van der Waals surface area (Å²) in [6.45, 7) is 10.1. The molecule has 1 aliphatic heterocycles. The molecule has 0 unspecified atom stereocenters. The van der Waals surface area contributed by atoms with Crippen molar-refractivity contribution in [3.63, 3.8) is 0 Å². The minimum atomic E-state index is 0. The van der Waals surface area contributed by atoms with E-state index in [2.05, 4.69) is 43.4 Å². The predicted molar refractivity (Wildman–Crippen MR) is 85.4 cm³/mol. The van der Waals surface area contributed by atoms with Crippen LogP contribution in [0, 0.1) is 0 Å². The Balaban J connectivity index is 0.00000180. The van der Waals surface area contributed by atoms with Crippen molar-refractivity contribution in [3.05, 3.63) is 16.1 Å². The van der Waals surface area contributed by atoms with E-state index in [0.717, 1.165) is 6.54 Å². The van der Waals surface area contributed by atoms with E-state index in [-0.39, 0.29) is 17.8 Å². The fourth-order valence-corrected chi connectivity index (χ4v) is 3.23. The second kappa shape index (κ2) is 7.02. The van der Waals surface area contributed by atoms with Gasteiger partial charge in [-0.05, 0) is 19.9 Å². The zero-order valence-corrected chi connectivity index (χ0v) is 14.0. The van der Waals surface area contributed by atoms with Crippen LogP contribution in [0.2, 0.25) is 0 Å². The van der Waals surface area contributed by atoms with E-state index in [1.807, 2.05) is 0 Å². The minimum absolute atomic E-state index is 0. The zero-order valence-electron chi connectivity index (χ0n) is 12.4. The van der Waals surface area contributed by atoms with Crippen LogP contribution in [0.3, 0.4) is 0 Å². The van der Waals surface area contributed by atoms with Crippen molar-refractivity contribution < 1.29 is 0 Å². The van der Waals surface area contributed by atoms with Crippen molar-refractivity contribution >= 4 is 23.7 Å². The van der Waals surface area contributed by atoms with Gasteiger partial charge in [0.05, 0.1) is 10.7 Å². The van der Waals surface area contributed by atoms with Crippen LogP contribution in [0.4, 0.5) is 0 Å². The molecule has 0 atom stereocenters. The summed E-state index contributed by atoms with van der Waals surface area (Å²) in [5.41, 5.74) is 1.43. The van der Waals surface area contributed by atoms with Crippen LogP contribution >= 0.6 is 23.7 Å². The molecule has 1 saturated heterocycles. The van der Waals surface area contributed by atoms with Gasteiger partial charge in [0, 0.05) is 36.5 Å². The van der Waals surface area contributed by atoms with E-state index in [9.17, 15) is 0 Å². The fraction of sp³-hybridized carbons (Fsp3) is 0.786. The lowest BCUT2D eigenvalue weighted by atomic mass is 9.98. The fourth-order valence-electron chi connectivity index (χ4n) is 2.33. The predicted octanol–water partition coefficient (Wildman–Crippen LogP) is 3.05. The number of nitrogens with one attached hydrogen (secondary N) is 1. The summed E-state index contributed by atoms with van der Waals surface area (Å²) in [4.78, 5) is 7.30. The smallest absolute Gasteiger partial charge is 0.0982 e. The molecule has 1 aromatic rings. The first kappa shape index (κ1) is 16.9. The van der Waals surface area contributed by atoms with Crippen LogP contribution in [0.25, 0.3) is 0 Å². The number of aromatic nitrogens is 1. The number of thiazole rings is 1. The number of hydrogen-bond donors (Lipinski definition) is 1. The van der Waals surface area contributed by atoms with Gasteiger partial charge in [0.1, 0.15) is 0 Å². The van der Waals surface area contributed by atoms with Crippen molar-refractivity contribution in [2.75, 3.05) is 20.1 Å². The standard InChI is InChI=1S/C14H25N3S.ClH/c1-14(2,3)13-16-12(10-18-13)9-17-7-5-11(15-4)6-8-17;/h10-11,15H,5-9H2,1-4H3;1H. The van der Waals surface area contributed by atoms with Gasteiger partial charge in [-0.1, -0.05) is 20.8 Å². The summed E-state index contributed by atoms with van der Waals surface area (Å²) in [5.74, 6) is 0. The topological polar surface area (TPSA) is 28.2 Å². The third-order valence-electron chi connectivity index (χ3n) is 3.57. The lowest BCUT2D eigenvalue weighted by Crippen LogP contribution is -2.40. The van der Waals surface area contributed by atoms with E-state index in [4.69, 9.17) is 4.98 Å². The quantitative estimate of drug-likeness (QED) is 0.930. The van der Waals surface area contributed by atoms with Crippen LogP contribution in [-0.4, -0.2) is 36.1 Å². The molecule has 1 aromatic heterocycles. The molecule has 0 aliphatic carbocycles. The Bertz CT molecular complexity index is 378. The third-order valence-corrected chi connectivity index (χ3v) is 4.89. The molecule has 0 radical (unpaired) electrons. The van der Waals surface area contributed by atoms with E-state index in [1.54, 1.807) is 11.3 Å². The first-order chi connectivity index (χ1) is 8.49. The Morgan fingerprint density at radius 3 is 2.47 bits per heavy atom. The summed E-state index contributed by atoms with van der Waals surface area (Å²) in [6.07, 6.45) is 2.51. The monoisotopic (exact) mass is 303 g/mol. The van der Waals surface area contributed by atoms with Gasteiger partial charge in [0.15, 0.2) is 0 Å². The molecule has 3 nitrogen and oxygen atoms in total. The lowest BCUT2D eigenvalue weighted by molar-refractivity contribution is 0.193. The Hall–Kier alpha value is -0.160. The molecule has 2 rings (SSSR count). The van der Waals surface area contributed by atoms with E-state index in [0.29, 0.717) is 6.04 Å². The molecule has 1 fully saturated rings. The number of nitrogens with zero attached hydrogens (tertiary/aromatic N) is 2. The minimum Gasteiger partial charge on any atom is -0.317 e. The second-order valence-corrected chi connectivity index (χ2v) is 7.09. The summed E-state index contributed by atoms with van der Waals surface area (Å²) >= 11 is 1.80. The average molecular weight is 304 g/mol. The average Bonchev–Trinajstić information content (AvgIpc) is 2.78. The number of halogens is 1. The number of likely N-dealkylation sites (tertiary alicyclic amines) is 1. The van der Waals surface area contributed by atoms with Gasteiger partial charge >= 0.3 is 0 Å². The molecule has 0 aromatic carbocycles. The Morgan fingerprint density at radius 2 is 2.00 bits per heavy atom.